The molecule has 1 aromatic heterocycles. The number of hydrogen-bond donors (Lipinski definition) is 1. The van der Waals surface area contributed by atoms with Gasteiger partial charge in [0.25, 0.3) is 5.91 Å². The number of amides is 1. The van der Waals surface area contributed by atoms with Gasteiger partial charge in [0.1, 0.15) is 5.82 Å². The van der Waals surface area contributed by atoms with Gasteiger partial charge in [-0.1, -0.05) is 12.1 Å². The number of alkyl halides is 2. The van der Waals surface area contributed by atoms with Crippen LogP contribution in [-0.4, -0.2) is 43.6 Å². The fraction of sp³-hybridized carbons (Fsp3) is 0.238. The van der Waals surface area contributed by atoms with Gasteiger partial charge in [-0.05, 0) is 24.3 Å². The lowest BCUT2D eigenvalue weighted by molar-refractivity contribution is -0.0512. The molecule has 2 aromatic carbocycles. The summed E-state index contributed by atoms with van der Waals surface area (Å²) in [6.45, 7) is -2.69. The van der Waals surface area contributed by atoms with Crippen molar-refractivity contribution < 1.29 is 32.5 Å². The van der Waals surface area contributed by atoms with Gasteiger partial charge < -0.3 is 24.3 Å². The van der Waals surface area contributed by atoms with Gasteiger partial charge in [-0.15, -0.1) is 0 Å². The third kappa shape index (κ3) is 5.03. The zero-order valence-electron chi connectivity index (χ0n) is 17.1. The highest BCUT2D eigenvalue weighted by Gasteiger charge is 2.17. The van der Waals surface area contributed by atoms with Gasteiger partial charge in [-0.3, -0.25) is 4.79 Å². The Kier molecular flexibility index (Phi) is 6.91. The van der Waals surface area contributed by atoms with Crippen molar-refractivity contribution >= 4 is 11.7 Å². The first kappa shape index (κ1) is 21.9. The third-order valence-corrected chi connectivity index (χ3v) is 4.40. The maximum absolute atomic E-state index is 12.7. The predicted octanol–water partition coefficient (Wildman–Crippen LogP) is 3.81. The number of hydrogen-bond acceptors (Lipinski definition) is 6. The lowest BCUT2D eigenvalue weighted by atomic mass is 10.2. The van der Waals surface area contributed by atoms with Gasteiger partial charge >= 0.3 is 6.61 Å². The molecule has 0 saturated carbocycles. The third-order valence-electron chi connectivity index (χ3n) is 4.40. The number of para-hydroxylation sites is 1. The Morgan fingerprint density at radius 2 is 1.81 bits per heavy atom. The van der Waals surface area contributed by atoms with Crippen molar-refractivity contribution in [3.63, 3.8) is 0 Å². The Labute approximate surface area is 177 Å². The molecule has 0 aliphatic heterocycles. The average Bonchev–Trinajstić information content (AvgIpc) is 3.19. The molecule has 1 heterocycles. The Hall–Kier alpha value is -3.82. The van der Waals surface area contributed by atoms with Crippen LogP contribution >= 0.6 is 0 Å². The van der Waals surface area contributed by atoms with Crippen LogP contribution < -0.4 is 24.3 Å². The molecule has 0 unspecified atom stereocenters. The fourth-order valence-corrected chi connectivity index (χ4v) is 3.00. The standard InChI is InChI=1S/C21H21F2N3O5/c1-28-16-6-4-5-14(19(16)30-3)12-26-18(9-10-24-26)25-20(27)13-7-8-15(31-21(22)23)17(11-13)29-2/h4-11,21H,12H2,1-3H3,(H,25,27). The summed E-state index contributed by atoms with van der Waals surface area (Å²) in [6, 6.07) is 11.0. The van der Waals surface area contributed by atoms with Crippen molar-refractivity contribution in [2.75, 3.05) is 26.6 Å². The lowest BCUT2D eigenvalue weighted by Crippen LogP contribution is -2.16. The van der Waals surface area contributed by atoms with Gasteiger partial charge in [-0.2, -0.15) is 13.9 Å². The number of nitrogens with one attached hydrogen (secondary N) is 1. The Morgan fingerprint density at radius 3 is 2.48 bits per heavy atom. The van der Waals surface area contributed by atoms with E-state index in [2.05, 4.69) is 15.2 Å². The van der Waals surface area contributed by atoms with Crippen LogP contribution in [0.1, 0.15) is 15.9 Å². The van der Waals surface area contributed by atoms with E-state index in [9.17, 15) is 13.6 Å². The molecular formula is C21H21F2N3O5. The van der Waals surface area contributed by atoms with Crippen molar-refractivity contribution in [1.82, 2.24) is 9.78 Å². The Morgan fingerprint density at radius 1 is 1.03 bits per heavy atom. The fourth-order valence-electron chi connectivity index (χ4n) is 3.00. The van der Waals surface area contributed by atoms with Crippen LogP contribution in [0.2, 0.25) is 0 Å². The van der Waals surface area contributed by atoms with Crippen molar-refractivity contribution in [2.45, 2.75) is 13.2 Å². The second-order valence-corrected chi connectivity index (χ2v) is 6.23. The molecule has 0 fully saturated rings. The molecule has 10 heteroatoms. The van der Waals surface area contributed by atoms with Crippen LogP contribution in [0, 0.1) is 0 Å². The lowest BCUT2D eigenvalue weighted by Gasteiger charge is -2.15. The summed E-state index contributed by atoms with van der Waals surface area (Å²) in [6.07, 6.45) is 1.54. The van der Waals surface area contributed by atoms with Gasteiger partial charge in [0.05, 0.1) is 34.1 Å². The van der Waals surface area contributed by atoms with Gasteiger partial charge in [-0.25, -0.2) is 4.68 Å². The SMILES string of the molecule is COc1cc(C(=O)Nc2ccnn2Cc2cccc(OC)c2OC)ccc1OC(F)F. The van der Waals surface area contributed by atoms with E-state index in [0.29, 0.717) is 23.9 Å². The summed E-state index contributed by atoms with van der Waals surface area (Å²) in [4.78, 5) is 12.7. The number of benzene rings is 2. The first-order chi connectivity index (χ1) is 15.0. The highest BCUT2D eigenvalue weighted by atomic mass is 19.3. The molecule has 0 saturated heterocycles. The molecule has 0 bridgehead atoms. The molecule has 0 radical (unpaired) electrons. The molecule has 3 aromatic rings. The number of ether oxygens (including phenoxy) is 4. The summed E-state index contributed by atoms with van der Waals surface area (Å²) < 4.78 is 46.7. The molecule has 31 heavy (non-hydrogen) atoms. The van der Waals surface area contributed by atoms with Gasteiger partial charge in [0.15, 0.2) is 23.0 Å². The number of carbonyl (C=O) groups excluding carboxylic acids is 1. The maximum atomic E-state index is 12.7. The molecule has 0 aliphatic carbocycles. The van der Waals surface area contributed by atoms with Gasteiger partial charge in [0, 0.05) is 17.2 Å². The molecule has 8 nitrogen and oxygen atoms in total. The minimum atomic E-state index is -3.00. The first-order valence-corrected chi connectivity index (χ1v) is 9.12. The van der Waals surface area contributed by atoms with E-state index in [0.717, 1.165) is 5.56 Å². The van der Waals surface area contributed by atoms with Crippen LogP contribution in [-0.2, 0) is 6.54 Å². The molecule has 164 valence electrons. The summed E-state index contributed by atoms with van der Waals surface area (Å²) in [5.41, 5.74) is 1.00. The summed E-state index contributed by atoms with van der Waals surface area (Å²) in [5, 5.41) is 7.00. The zero-order valence-corrected chi connectivity index (χ0v) is 17.1. The number of methoxy groups -OCH3 is 3. The quantitative estimate of drug-likeness (QED) is 0.553. The van der Waals surface area contributed by atoms with E-state index in [1.54, 1.807) is 37.2 Å². The molecular weight excluding hydrogens is 412 g/mol. The van der Waals surface area contributed by atoms with Crippen LogP contribution in [0.15, 0.2) is 48.7 Å². The zero-order chi connectivity index (χ0) is 22.4. The molecule has 0 atom stereocenters. The summed E-state index contributed by atoms with van der Waals surface area (Å²) >= 11 is 0. The van der Waals surface area contributed by atoms with E-state index in [1.165, 1.54) is 25.3 Å². The smallest absolute Gasteiger partial charge is 0.387 e. The molecule has 1 N–H and O–H groups in total. The Balaban J connectivity index is 1.80. The Bertz CT molecular complexity index is 1060. The van der Waals surface area contributed by atoms with Crippen LogP contribution in [0.4, 0.5) is 14.6 Å². The molecule has 3 rings (SSSR count). The summed E-state index contributed by atoms with van der Waals surface area (Å²) in [7, 11) is 4.39. The van der Waals surface area contributed by atoms with E-state index >= 15 is 0 Å². The molecule has 0 aliphatic rings. The van der Waals surface area contributed by atoms with Crippen molar-refractivity contribution in [3.05, 3.63) is 59.8 Å². The minimum absolute atomic E-state index is 0.0163. The second-order valence-electron chi connectivity index (χ2n) is 6.23. The van der Waals surface area contributed by atoms with E-state index in [1.807, 2.05) is 12.1 Å². The minimum Gasteiger partial charge on any atom is -0.493 e. The van der Waals surface area contributed by atoms with E-state index in [4.69, 9.17) is 14.2 Å². The second kappa shape index (κ2) is 9.79. The topological polar surface area (TPSA) is 83.8 Å². The number of aromatic nitrogens is 2. The number of carbonyl (C=O) groups is 1. The summed E-state index contributed by atoms with van der Waals surface area (Å²) in [5.74, 6) is 0.961. The number of rotatable bonds is 9. The normalized spacial score (nSPS) is 10.6. The van der Waals surface area contributed by atoms with Gasteiger partial charge in [0.2, 0.25) is 0 Å². The maximum Gasteiger partial charge on any atom is 0.387 e. The number of halogens is 2. The molecule has 0 spiro atoms. The van der Waals surface area contributed by atoms with E-state index < -0.39 is 12.5 Å². The van der Waals surface area contributed by atoms with Crippen LogP contribution in [0.5, 0.6) is 23.0 Å². The van der Waals surface area contributed by atoms with Crippen molar-refractivity contribution in [2.24, 2.45) is 0 Å². The van der Waals surface area contributed by atoms with E-state index in [-0.39, 0.29) is 17.1 Å². The number of anilines is 1. The predicted molar refractivity (Wildman–Crippen MR) is 108 cm³/mol. The van der Waals surface area contributed by atoms with Crippen LogP contribution in [0.3, 0.4) is 0 Å². The number of nitrogens with zero attached hydrogens (tertiary/aromatic N) is 2. The average molecular weight is 433 g/mol. The molecule has 1 amide bonds. The van der Waals surface area contributed by atoms with Crippen molar-refractivity contribution in [1.29, 1.82) is 0 Å². The monoisotopic (exact) mass is 433 g/mol. The van der Waals surface area contributed by atoms with Crippen molar-refractivity contribution in [3.8, 4) is 23.0 Å². The first-order valence-electron chi connectivity index (χ1n) is 9.12. The highest BCUT2D eigenvalue weighted by Crippen LogP contribution is 2.32. The highest BCUT2D eigenvalue weighted by molar-refractivity contribution is 6.04. The van der Waals surface area contributed by atoms with Crippen LogP contribution in [0.25, 0.3) is 0 Å². The largest absolute Gasteiger partial charge is 0.493 e.